The lowest BCUT2D eigenvalue weighted by Crippen LogP contribution is -2.38. The van der Waals surface area contributed by atoms with Gasteiger partial charge in [0.2, 0.25) is 0 Å². The third-order valence-corrected chi connectivity index (χ3v) is 3.98. The molecule has 0 aliphatic heterocycles. The SMILES string of the molecule is C=CCOc1[c]cccc1[Si](C)(C)C. The first-order valence-electron chi connectivity index (χ1n) is 4.80. The molecule has 0 amide bonds. The summed E-state index contributed by atoms with van der Waals surface area (Å²) in [5, 5.41) is 1.32. The van der Waals surface area contributed by atoms with Crippen LogP contribution in [-0.4, -0.2) is 14.7 Å². The van der Waals surface area contributed by atoms with E-state index in [9.17, 15) is 0 Å². The number of hydrogen-bond acceptors (Lipinski definition) is 1. The topological polar surface area (TPSA) is 9.23 Å². The van der Waals surface area contributed by atoms with Gasteiger partial charge in [0.05, 0.1) is 8.07 Å². The molecule has 1 nitrogen and oxygen atoms in total. The summed E-state index contributed by atoms with van der Waals surface area (Å²) in [6.07, 6.45) is 1.76. The Hall–Kier alpha value is -1.02. The van der Waals surface area contributed by atoms with Crippen molar-refractivity contribution in [1.82, 2.24) is 0 Å². The Labute approximate surface area is 87.4 Å². The highest BCUT2D eigenvalue weighted by Crippen LogP contribution is 2.13. The summed E-state index contributed by atoms with van der Waals surface area (Å²) < 4.78 is 5.57. The molecule has 1 rings (SSSR count). The van der Waals surface area contributed by atoms with Crippen molar-refractivity contribution >= 4 is 13.3 Å². The van der Waals surface area contributed by atoms with Gasteiger partial charge in [-0.1, -0.05) is 50.5 Å². The molecule has 1 aromatic rings. The van der Waals surface area contributed by atoms with Gasteiger partial charge in [-0.25, -0.2) is 0 Å². The van der Waals surface area contributed by atoms with Crippen molar-refractivity contribution in [1.29, 1.82) is 0 Å². The number of rotatable bonds is 4. The van der Waals surface area contributed by atoms with Gasteiger partial charge >= 0.3 is 0 Å². The standard InChI is InChI=1S/C12H17OSi/c1-5-10-13-11-8-6-7-9-12(11)14(2,3)4/h5-7,9H,1,10H2,2-4H3. The summed E-state index contributed by atoms with van der Waals surface area (Å²) in [6.45, 7) is 11.1. The predicted molar refractivity (Wildman–Crippen MR) is 64.0 cm³/mol. The molecule has 0 saturated heterocycles. The molecule has 0 saturated carbocycles. The van der Waals surface area contributed by atoms with Gasteiger partial charge in [0.25, 0.3) is 0 Å². The fourth-order valence-corrected chi connectivity index (χ4v) is 2.70. The maximum Gasteiger partial charge on any atom is 0.126 e. The minimum absolute atomic E-state index is 0.554. The van der Waals surface area contributed by atoms with Crippen molar-refractivity contribution in [2.45, 2.75) is 19.6 Å². The zero-order valence-electron chi connectivity index (χ0n) is 9.13. The van der Waals surface area contributed by atoms with Crippen LogP contribution < -0.4 is 9.92 Å². The van der Waals surface area contributed by atoms with Crippen molar-refractivity contribution in [2.75, 3.05) is 6.61 Å². The predicted octanol–water partition coefficient (Wildman–Crippen LogP) is 2.60. The van der Waals surface area contributed by atoms with Crippen LogP contribution in [0.2, 0.25) is 19.6 Å². The summed E-state index contributed by atoms with van der Waals surface area (Å²) in [4.78, 5) is 0. The van der Waals surface area contributed by atoms with Gasteiger partial charge in [-0.2, -0.15) is 0 Å². The molecule has 2 heteroatoms. The van der Waals surface area contributed by atoms with Crippen molar-refractivity contribution in [3.8, 4) is 5.75 Å². The van der Waals surface area contributed by atoms with E-state index in [0.29, 0.717) is 6.61 Å². The van der Waals surface area contributed by atoms with Crippen LogP contribution in [0, 0.1) is 6.07 Å². The quantitative estimate of drug-likeness (QED) is 0.542. The van der Waals surface area contributed by atoms with Crippen LogP contribution >= 0.6 is 0 Å². The highest BCUT2D eigenvalue weighted by molar-refractivity contribution is 6.89. The lowest BCUT2D eigenvalue weighted by Gasteiger charge is -2.20. The van der Waals surface area contributed by atoms with Crippen LogP contribution in [-0.2, 0) is 0 Å². The van der Waals surface area contributed by atoms with E-state index < -0.39 is 8.07 Å². The summed E-state index contributed by atoms with van der Waals surface area (Å²) in [6, 6.07) is 9.20. The average Bonchev–Trinajstić information content (AvgIpc) is 2.14. The maximum absolute atomic E-state index is 5.57. The largest absolute Gasteiger partial charge is 0.489 e. The molecule has 0 N–H and O–H groups in total. The van der Waals surface area contributed by atoms with Crippen LogP contribution in [0.3, 0.4) is 0 Å². The van der Waals surface area contributed by atoms with E-state index >= 15 is 0 Å². The second-order valence-corrected chi connectivity index (χ2v) is 9.30. The van der Waals surface area contributed by atoms with E-state index in [0.717, 1.165) is 5.75 Å². The first kappa shape index (κ1) is 11.1. The Bertz CT molecular complexity index is 312. The molecular formula is C12H17OSi. The van der Waals surface area contributed by atoms with Gasteiger partial charge in [0.1, 0.15) is 12.4 Å². The maximum atomic E-state index is 5.57. The molecule has 0 aromatic heterocycles. The zero-order valence-corrected chi connectivity index (χ0v) is 10.1. The molecule has 0 spiro atoms. The Balaban J connectivity index is 2.97. The number of ether oxygens (including phenoxy) is 1. The average molecular weight is 205 g/mol. The summed E-state index contributed by atoms with van der Waals surface area (Å²) in [5.74, 6) is 0.895. The Morgan fingerprint density at radius 1 is 1.50 bits per heavy atom. The molecule has 0 atom stereocenters. The fourth-order valence-electron chi connectivity index (χ4n) is 1.27. The Kier molecular flexibility index (Phi) is 3.53. The number of hydrogen-bond donors (Lipinski definition) is 0. The summed E-state index contributed by atoms with van der Waals surface area (Å²) in [7, 11) is -1.32. The summed E-state index contributed by atoms with van der Waals surface area (Å²) >= 11 is 0. The Morgan fingerprint density at radius 3 is 2.79 bits per heavy atom. The van der Waals surface area contributed by atoms with Gasteiger partial charge in [-0.3, -0.25) is 0 Å². The highest BCUT2D eigenvalue weighted by atomic mass is 28.3. The van der Waals surface area contributed by atoms with Crippen molar-refractivity contribution in [3.63, 3.8) is 0 Å². The monoisotopic (exact) mass is 205 g/mol. The lowest BCUT2D eigenvalue weighted by atomic mass is 10.3. The molecule has 0 bridgehead atoms. The normalized spacial score (nSPS) is 11.1. The third kappa shape index (κ3) is 2.74. The molecule has 0 unspecified atom stereocenters. The molecule has 0 aliphatic carbocycles. The molecule has 1 aromatic carbocycles. The summed E-state index contributed by atoms with van der Waals surface area (Å²) in [5.41, 5.74) is 0. The molecule has 14 heavy (non-hydrogen) atoms. The number of para-hydroxylation sites is 1. The van der Waals surface area contributed by atoms with Gasteiger partial charge < -0.3 is 4.74 Å². The van der Waals surface area contributed by atoms with Crippen LogP contribution in [0.5, 0.6) is 5.75 Å². The van der Waals surface area contributed by atoms with Gasteiger partial charge in [0, 0.05) is 6.07 Å². The molecule has 0 fully saturated rings. The van der Waals surface area contributed by atoms with Gasteiger partial charge in [-0.15, -0.1) is 0 Å². The second-order valence-electron chi connectivity index (χ2n) is 4.26. The molecule has 75 valence electrons. The van der Waals surface area contributed by atoms with Crippen LogP contribution in [0.4, 0.5) is 0 Å². The van der Waals surface area contributed by atoms with Crippen LogP contribution in [0.15, 0.2) is 30.9 Å². The third-order valence-electron chi connectivity index (χ3n) is 1.97. The van der Waals surface area contributed by atoms with Crippen LogP contribution in [0.25, 0.3) is 0 Å². The molecular weight excluding hydrogens is 188 g/mol. The first-order chi connectivity index (χ1) is 6.55. The van der Waals surface area contributed by atoms with Gasteiger partial charge in [-0.05, 0) is 5.19 Å². The van der Waals surface area contributed by atoms with Crippen molar-refractivity contribution in [2.24, 2.45) is 0 Å². The van der Waals surface area contributed by atoms with Crippen LogP contribution in [0.1, 0.15) is 0 Å². The van der Waals surface area contributed by atoms with Crippen molar-refractivity contribution in [3.05, 3.63) is 36.9 Å². The van der Waals surface area contributed by atoms with E-state index in [1.165, 1.54) is 5.19 Å². The van der Waals surface area contributed by atoms with E-state index in [-0.39, 0.29) is 0 Å². The van der Waals surface area contributed by atoms with E-state index in [4.69, 9.17) is 4.74 Å². The molecule has 0 heterocycles. The fraction of sp³-hybridized carbons (Fsp3) is 0.333. The Morgan fingerprint density at radius 2 is 2.21 bits per heavy atom. The molecule has 0 aliphatic rings. The number of benzene rings is 1. The first-order valence-corrected chi connectivity index (χ1v) is 8.30. The second kappa shape index (κ2) is 4.47. The van der Waals surface area contributed by atoms with E-state index in [1.54, 1.807) is 6.08 Å². The smallest absolute Gasteiger partial charge is 0.126 e. The van der Waals surface area contributed by atoms with E-state index in [1.807, 2.05) is 12.1 Å². The van der Waals surface area contributed by atoms with E-state index in [2.05, 4.69) is 38.4 Å². The minimum atomic E-state index is -1.32. The van der Waals surface area contributed by atoms with Gasteiger partial charge in [0.15, 0.2) is 0 Å². The lowest BCUT2D eigenvalue weighted by molar-refractivity contribution is 0.365. The van der Waals surface area contributed by atoms with Crippen molar-refractivity contribution < 1.29 is 4.74 Å². The molecule has 1 radical (unpaired) electrons. The highest BCUT2D eigenvalue weighted by Gasteiger charge is 2.20. The zero-order chi connectivity index (χ0) is 10.6. The minimum Gasteiger partial charge on any atom is -0.489 e.